The summed E-state index contributed by atoms with van der Waals surface area (Å²) in [6, 6.07) is 4.50. The van der Waals surface area contributed by atoms with Crippen LogP contribution in [0.1, 0.15) is 19.8 Å². The molecule has 0 unspecified atom stereocenters. The number of unbranched alkanes of at least 4 members (excludes halogenated alkanes) is 1. The molecule has 0 aromatic heterocycles. The Hall–Kier alpha value is -1.80. The van der Waals surface area contributed by atoms with Crippen LogP contribution >= 0.6 is 0 Å². The number of benzene rings is 1. The summed E-state index contributed by atoms with van der Waals surface area (Å²) in [5, 5.41) is 2.66. The Morgan fingerprint density at radius 3 is 2.67 bits per heavy atom. The Bertz CT molecular complexity index is 615. The zero-order valence-electron chi connectivity index (χ0n) is 11.7. The predicted molar refractivity (Wildman–Crippen MR) is 75.7 cm³/mol. The third-order valence-corrected chi connectivity index (χ3v) is 4.38. The maximum atomic E-state index is 12.1. The molecule has 0 spiro atoms. The molecule has 1 heterocycles. The number of amides is 1. The number of hydrogen-bond acceptors (Lipinski definition) is 5. The van der Waals surface area contributed by atoms with E-state index >= 15 is 0 Å². The summed E-state index contributed by atoms with van der Waals surface area (Å²) in [5.41, 5.74) is 0. The number of rotatable bonds is 7. The van der Waals surface area contributed by atoms with E-state index in [0.717, 1.165) is 0 Å². The summed E-state index contributed by atoms with van der Waals surface area (Å²) in [6.45, 7) is 2.41. The van der Waals surface area contributed by atoms with Gasteiger partial charge in [0.2, 0.25) is 22.7 Å². The molecule has 1 aliphatic heterocycles. The van der Waals surface area contributed by atoms with Gasteiger partial charge in [-0.25, -0.2) is 13.1 Å². The zero-order chi connectivity index (χ0) is 15.3. The summed E-state index contributed by atoms with van der Waals surface area (Å²) in [7, 11) is -3.56. The first-order chi connectivity index (χ1) is 9.99. The van der Waals surface area contributed by atoms with E-state index in [1.165, 1.54) is 19.1 Å². The predicted octanol–water partition coefficient (Wildman–Crippen LogP) is 0.610. The van der Waals surface area contributed by atoms with E-state index in [-0.39, 0.29) is 17.6 Å². The van der Waals surface area contributed by atoms with Crippen LogP contribution in [0.25, 0.3) is 0 Å². The van der Waals surface area contributed by atoms with E-state index in [1.807, 2.05) is 0 Å². The molecule has 0 fully saturated rings. The molecule has 2 rings (SSSR count). The molecule has 1 aromatic carbocycles. The Morgan fingerprint density at radius 1 is 1.19 bits per heavy atom. The van der Waals surface area contributed by atoms with E-state index in [1.54, 1.807) is 6.07 Å². The smallest absolute Gasteiger partial charge is 0.240 e. The molecule has 8 heteroatoms. The maximum absolute atomic E-state index is 12.1. The highest BCUT2D eigenvalue weighted by Crippen LogP contribution is 2.33. The van der Waals surface area contributed by atoms with Gasteiger partial charge >= 0.3 is 0 Å². The molecular formula is C13H18N2O5S. The van der Waals surface area contributed by atoms with Gasteiger partial charge < -0.3 is 14.8 Å². The lowest BCUT2D eigenvalue weighted by Gasteiger charge is -2.07. The molecule has 1 aromatic rings. The number of fused-ring (bicyclic) bond motifs is 1. The van der Waals surface area contributed by atoms with Gasteiger partial charge in [0.25, 0.3) is 0 Å². The fourth-order valence-electron chi connectivity index (χ4n) is 1.85. The van der Waals surface area contributed by atoms with Crippen LogP contribution in [0.4, 0.5) is 0 Å². The number of ether oxygens (including phenoxy) is 2. The van der Waals surface area contributed by atoms with Crippen LogP contribution in [-0.4, -0.2) is 34.2 Å². The van der Waals surface area contributed by atoms with Gasteiger partial charge in [-0.05, 0) is 25.0 Å². The fraction of sp³-hybridized carbons (Fsp3) is 0.462. The van der Waals surface area contributed by atoms with Gasteiger partial charge in [-0.15, -0.1) is 0 Å². The first kappa shape index (κ1) is 15.6. The topological polar surface area (TPSA) is 93.7 Å². The first-order valence-corrected chi connectivity index (χ1v) is 8.11. The van der Waals surface area contributed by atoms with E-state index in [4.69, 9.17) is 9.47 Å². The van der Waals surface area contributed by atoms with Gasteiger partial charge in [-0.1, -0.05) is 0 Å². The molecule has 1 amide bonds. The monoisotopic (exact) mass is 314 g/mol. The second-order valence-corrected chi connectivity index (χ2v) is 6.37. The first-order valence-electron chi connectivity index (χ1n) is 6.63. The Labute approximate surface area is 123 Å². The van der Waals surface area contributed by atoms with Crippen molar-refractivity contribution in [1.29, 1.82) is 0 Å². The average molecular weight is 314 g/mol. The third-order valence-electron chi connectivity index (χ3n) is 2.92. The number of nitrogens with one attached hydrogen (secondary N) is 2. The molecule has 2 N–H and O–H groups in total. The number of sulfonamides is 1. The Kier molecular flexibility index (Phi) is 5.03. The molecular weight excluding hydrogens is 296 g/mol. The fourth-order valence-corrected chi connectivity index (χ4v) is 2.94. The molecule has 0 saturated carbocycles. The second-order valence-electron chi connectivity index (χ2n) is 4.60. The van der Waals surface area contributed by atoms with Gasteiger partial charge in [0.1, 0.15) is 0 Å². The van der Waals surface area contributed by atoms with Gasteiger partial charge in [0.05, 0.1) is 4.90 Å². The van der Waals surface area contributed by atoms with E-state index in [9.17, 15) is 13.2 Å². The summed E-state index contributed by atoms with van der Waals surface area (Å²) in [4.78, 5) is 10.8. The quantitative estimate of drug-likeness (QED) is 0.719. The van der Waals surface area contributed by atoms with Crippen LogP contribution in [0.15, 0.2) is 23.1 Å². The minimum absolute atomic E-state index is 0.0871. The third kappa shape index (κ3) is 4.33. The van der Waals surface area contributed by atoms with Crippen molar-refractivity contribution >= 4 is 15.9 Å². The normalized spacial score (nSPS) is 13.2. The van der Waals surface area contributed by atoms with Gasteiger partial charge in [-0.3, -0.25) is 4.79 Å². The minimum atomic E-state index is -3.56. The molecule has 21 heavy (non-hydrogen) atoms. The highest BCUT2D eigenvalue weighted by molar-refractivity contribution is 7.89. The molecule has 0 saturated heterocycles. The van der Waals surface area contributed by atoms with Crippen LogP contribution in [0.3, 0.4) is 0 Å². The summed E-state index contributed by atoms with van der Waals surface area (Å²) in [5.74, 6) is 0.892. The lowest BCUT2D eigenvalue weighted by atomic mass is 10.3. The number of hydrogen-bond donors (Lipinski definition) is 2. The summed E-state index contributed by atoms with van der Waals surface area (Å²) in [6.07, 6.45) is 1.35. The zero-order valence-corrected chi connectivity index (χ0v) is 12.5. The van der Waals surface area contributed by atoms with Crippen molar-refractivity contribution in [3.63, 3.8) is 0 Å². The minimum Gasteiger partial charge on any atom is -0.454 e. The van der Waals surface area contributed by atoms with Gasteiger partial charge in [-0.2, -0.15) is 0 Å². The second kappa shape index (κ2) is 6.77. The molecule has 0 atom stereocenters. The van der Waals surface area contributed by atoms with Crippen LogP contribution in [0.5, 0.6) is 11.5 Å². The van der Waals surface area contributed by atoms with E-state index < -0.39 is 10.0 Å². The van der Waals surface area contributed by atoms with Crippen LogP contribution < -0.4 is 19.5 Å². The van der Waals surface area contributed by atoms with Gasteiger partial charge in [0.15, 0.2) is 11.5 Å². The maximum Gasteiger partial charge on any atom is 0.240 e. The summed E-state index contributed by atoms with van der Waals surface area (Å²) >= 11 is 0. The van der Waals surface area contributed by atoms with Crippen molar-refractivity contribution < 1.29 is 22.7 Å². The molecule has 0 aliphatic carbocycles. The largest absolute Gasteiger partial charge is 0.454 e. The lowest BCUT2D eigenvalue weighted by Crippen LogP contribution is -2.26. The average Bonchev–Trinajstić information content (AvgIpc) is 2.89. The molecule has 7 nitrogen and oxygen atoms in total. The molecule has 0 radical (unpaired) electrons. The van der Waals surface area contributed by atoms with E-state index in [0.29, 0.717) is 37.4 Å². The number of carbonyl (C=O) groups is 1. The SMILES string of the molecule is CC(=O)NCCCCNS(=O)(=O)c1ccc2c(c1)OCO2. The Morgan fingerprint density at radius 2 is 1.90 bits per heavy atom. The molecule has 0 bridgehead atoms. The molecule has 116 valence electrons. The van der Waals surface area contributed by atoms with Crippen molar-refractivity contribution in [1.82, 2.24) is 10.0 Å². The van der Waals surface area contributed by atoms with Crippen molar-refractivity contribution in [2.24, 2.45) is 0 Å². The van der Waals surface area contributed by atoms with Gasteiger partial charge in [0, 0.05) is 26.1 Å². The van der Waals surface area contributed by atoms with Crippen LogP contribution in [0.2, 0.25) is 0 Å². The Balaban J connectivity index is 1.83. The highest BCUT2D eigenvalue weighted by Gasteiger charge is 2.19. The standard InChI is InChI=1S/C13H18N2O5S/c1-10(16)14-6-2-3-7-15-21(17,18)11-4-5-12-13(8-11)20-9-19-12/h4-5,8,15H,2-3,6-7,9H2,1H3,(H,14,16). The van der Waals surface area contributed by atoms with Crippen molar-refractivity contribution in [3.05, 3.63) is 18.2 Å². The highest BCUT2D eigenvalue weighted by atomic mass is 32.2. The lowest BCUT2D eigenvalue weighted by molar-refractivity contribution is -0.118. The van der Waals surface area contributed by atoms with Crippen molar-refractivity contribution in [2.75, 3.05) is 19.9 Å². The van der Waals surface area contributed by atoms with Crippen LogP contribution in [-0.2, 0) is 14.8 Å². The van der Waals surface area contributed by atoms with E-state index in [2.05, 4.69) is 10.0 Å². The van der Waals surface area contributed by atoms with Crippen molar-refractivity contribution in [2.45, 2.75) is 24.7 Å². The number of carbonyl (C=O) groups excluding carboxylic acids is 1. The van der Waals surface area contributed by atoms with Crippen molar-refractivity contribution in [3.8, 4) is 11.5 Å². The molecule has 1 aliphatic rings. The summed E-state index contributed by atoms with van der Waals surface area (Å²) < 4.78 is 37.0. The van der Waals surface area contributed by atoms with Crippen LogP contribution in [0, 0.1) is 0 Å².